The third-order valence-electron chi connectivity index (χ3n) is 3.09. The Morgan fingerprint density at radius 1 is 1.24 bits per heavy atom. The summed E-state index contributed by atoms with van der Waals surface area (Å²) in [6.07, 6.45) is 3.11. The molecule has 21 heavy (non-hydrogen) atoms. The average Bonchev–Trinajstić information content (AvgIpc) is 2.47. The lowest BCUT2D eigenvalue weighted by Gasteiger charge is -2.06. The van der Waals surface area contributed by atoms with Crippen molar-refractivity contribution in [2.24, 2.45) is 0 Å². The maximum absolute atomic E-state index is 12.3. The molecule has 0 aliphatic rings. The molecule has 2 aromatic rings. The molecule has 2 rings (SSSR count). The van der Waals surface area contributed by atoms with Crippen molar-refractivity contribution in [3.8, 4) is 0 Å². The number of hydrogen-bond acceptors (Lipinski definition) is 4. The van der Waals surface area contributed by atoms with E-state index in [-0.39, 0.29) is 10.8 Å². The van der Waals surface area contributed by atoms with Crippen molar-refractivity contribution in [1.29, 1.82) is 0 Å². The maximum atomic E-state index is 12.3. The van der Waals surface area contributed by atoms with Crippen molar-refractivity contribution >= 4 is 21.4 Å². The summed E-state index contributed by atoms with van der Waals surface area (Å²) in [7, 11) is -3.71. The topological polar surface area (TPSA) is 69.0 Å². The van der Waals surface area contributed by atoms with Crippen LogP contribution in [0.25, 0.3) is 0 Å². The van der Waals surface area contributed by atoms with Gasteiger partial charge in [0.25, 0.3) is 5.56 Å². The highest BCUT2D eigenvalue weighted by Gasteiger charge is 2.21. The molecule has 0 N–H and O–H groups in total. The zero-order valence-electron chi connectivity index (χ0n) is 11.5. The minimum atomic E-state index is -3.71. The van der Waals surface area contributed by atoms with Gasteiger partial charge in [-0.3, -0.25) is 4.79 Å². The number of nitrogens with zero attached hydrogens (tertiary/aromatic N) is 2. The Hall–Kier alpha value is -1.66. The van der Waals surface area contributed by atoms with Gasteiger partial charge in [0.15, 0.2) is 0 Å². The second kappa shape index (κ2) is 6.41. The summed E-state index contributed by atoms with van der Waals surface area (Å²) in [6, 6.07) is 6.93. The van der Waals surface area contributed by atoms with E-state index in [1.165, 1.54) is 17.0 Å². The van der Waals surface area contributed by atoms with Crippen molar-refractivity contribution in [3.63, 3.8) is 0 Å². The maximum Gasteiger partial charge on any atom is 0.288 e. The summed E-state index contributed by atoms with van der Waals surface area (Å²) >= 11 is 5.78. The smallest absolute Gasteiger partial charge is 0.288 e. The second-order valence-electron chi connectivity index (χ2n) is 4.52. The zero-order chi connectivity index (χ0) is 15.5. The van der Waals surface area contributed by atoms with Crippen LogP contribution in [-0.4, -0.2) is 23.7 Å². The van der Waals surface area contributed by atoms with Gasteiger partial charge in [-0.25, -0.2) is 13.4 Å². The molecule has 0 atom stereocenters. The Balaban J connectivity index is 2.23. The third kappa shape index (κ3) is 3.71. The van der Waals surface area contributed by atoms with Gasteiger partial charge in [0.1, 0.15) is 0 Å². The molecular formula is C14H15ClN2O3S. The Labute approximate surface area is 128 Å². The van der Waals surface area contributed by atoms with E-state index in [0.29, 0.717) is 18.0 Å². The van der Waals surface area contributed by atoms with Gasteiger partial charge in [0, 0.05) is 24.0 Å². The van der Waals surface area contributed by atoms with E-state index in [1.54, 1.807) is 31.2 Å². The quantitative estimate of drug-likeness (QED) is 0.842. The summed E-state index contributed by atoms with van der Waals surface area (Å²) in [5.74, 6) is -0.162. The number of hydrogen-bond donors (Lipinski definition) is 0. The third-order valence-corrected chi connectivity index (χ3v) is 4.95. The molecule has 0 aliphatic carbocycles. The second-order valence-corrected chi connectivity index (χ2v) is 6.98. The van der Waals surface area contributed by atoms with Crippen LogP contribution >= 0.6 is 11.6 Å². The normalized spacial score (nSPS) is 11.5. The van der Waals surface area contributed by atoms with E-state index in [4.69, 9.17) is 11.6 Å². The van der Waals surface area contributed by atoms with E-state index in [9.17, 15) is 13.2 Å². The number of halogens is 1. The Morgan fingerprint density at radius 2 is 1.90 bits per heavy atom. The number of rotatable bonds is 5. The van der Waals surface area contributed by atoms with Gasteiger partial charge >= 0.3 is 0 Å². The van der Waals surface area contributed by atoms with Gasteiger partial charge in [-0.05, 0) is 31.0 Å². The lowest BCUT2D eigenvalue weighted by atomic mass is 10.2. The molecule has 1 aromatic heterocycles. The van der Waals surface area contributed by atoms with Crippen molar-refractivity contribution in [2.75, 3.05) is 5.75 Å². The SMILES string of the molecule is CCn1ccnc(S(=O)(=O)CCc2ccc(Cl)cc2)c1=O. The molecule has 1 heterocycles. The first-order chi connectivity index (χ1) is 9.94. The first kappa shape index (κ1) is 15.7. The van der Waals surface area contributed by atoms with Crippen molar-refractivity contribution < 1.29 is 8.42 Å². The molecule has 0 amide bonds. The Bertz CT molecular complexity index is 783. The molecule has 0 radical (unpaired) electrons. The molecule has 0 saturated heterocycles. The summed E-state index contributed by atoms with van der Waals surface area (Å²) in [6.45, 7) is 2.17. The fourth-order valence-corrected chi connectivity index (χ4v) is 3.32. The van der Waals surface area contributed by atoms with Crippen LogP contribution in [-0.2, 0) is 22.8 Å². The number of aryl methyl sites for hydroxylation is 2. The van der Waals surface area contributed by atoms with Crippen molar-refractivity contribution in [2.45, 2.75) is 24.9 Å². The molecule has 0 bridgehead atoms. The summed E-state index contributed by atoms with van der Waals surface area (Å²) < 4.78 is 25.8. The van der Waals surface area contributed by atoms with E-state index in [2.05, 4.69) is 4.98 Å². The fraction of sp³-hybridized carbons (Fsp3) is 0.286. The molecule has 0 fully saturated rings. The van der Waals surface area contributed by atoms with Gasteiger partial charge in [0.2, 0.25) is 14.9 Å². The van der Waals surface area contributed by atoms with Crippen LogP contribution in [0.2, 0.25) is 5.02 Å². The standard InChI is InChI=1S/C14H15ClN2O3S/c1-2-17-9-8-16-13(14(17)18)21(19,20)10-7-11-3-5-12(15)6-4-11/h3-6,8-9H,2,7,10H2,1H3. The summed E-state index contributed by atoms with van der Waals surface area (Å²) in [5, 5.41) is 0.206. The van der Waals surface area contributed by atoms with Crippen LogP contribution < -0.4 is 5.56 Å². The van der Waals surface area contributed by atoms with Crippen molar-refractivity contribution in [3.05, 3.63) is 57.6 Å². The van der Waals surface area contributed by atoms with Crippen LogP contribution in [0.15, 0.2) is 46.5 Å². The molecule has 0 spiro atoms. The first-order valence-corrected chi connectivity index (χ1v) is 8.49. The minimum Gasteiger partial charge on any atom is -0.312 e. The summed E-state index contributed by atoms with van der Waals surface area (Å²) in [5.41, 5.74) is 0.269. The van der Waals surface area contributed by atoms with Crippen LogP contribution in [0, 0.1) is 0 Å². The fourth-order valence-electron chi connectivity index (χ4n) is 1.89. The highest BCUT2D eigenvalue weighted by molar-refractivity contribution is 7.91. The predicted molar refractivity (Wildman–Crippen MR) is 81.4 cm³/mol. The molecule has 5 nitrogen and oxygen atoms in total. The molecule has 0 aliphatic heterocycles. The Morgan fingerprint density at radius 3 is 2.52 bits per heavy atom. The van der Waals surface area contributed by atoms with Gasteiger partial charge in [-0.2, -0.15) is 0 Å². The van der Waals surface area contributed by atoms with Crippen LogP contribution in [0.4, 0.5) is 0 Å². The predicted octanol–water partition coefficient (Wildman–Crippen LogP) is 1.93. The van der Waals surface area contributed by atoms with E-state index in [1.807, 2.05) is 0 Å². The van der Waals surface area contributed by atoms with E-state index < -0.39 is 15.4 Å². The number of aromatic nitrogens is 2. The first-order valence-electron chi connectivity index (χ1n) is 6.46. The molecule has 7 heteroatoms. The van der Waals surface area contributed by atoms with Gasteiger partial charge in [0.05, 0.1) is 5.75 Å². The van der Waals surface area contributed by atoms with Crippen LogP contribution in [0.5, 0.6) is 0 Å². The molecule has 0 saturated carbocycles. The number of benzene rings is 1. The van der Waals surface area contributed by atoms with Gasteiger partial charge < -0.3 is 4.57 Å². The molecule has 0 unspecified atom stereocenters. The monoisotopic (exact) mass is 326 g/mol. The Kier molecular flexibility index (Phi) is 4.80. The highest BCUT2D eigenvalue weighted by atomic mass is 35.5. The van der Waals surface area contributed by atoms with Gasteiger partial charge in [-0.1, -0.05) is 23.7 Å². The molecule has 1 aromatic carbocycles. The molecular weight excluding hydrogens is 312 g/mol. The lowest BCUT2D eigenvalue weighted by molar-refractivity contribution is 0.583. The van der Waals surface area contributed by atoms with E-state index in [0.717, 1.165) is 5.56 Å². The van der Waals surface area contributed by atoms with Crippen molar-refractivity contribution in [1.82, 2.24) is 9.55 Å². The average molecular weight is 327 g/mol. The number of sulfone groups is 1. The highest BCUT2D eigenvalue weighted by Crippen LogP contribution is 2.12. The van der Waals surface area contributed by atoms with Crippen LogP contribution in [0.1, 0.15) is 12.5 Å². The largest absolute Gasteiger partial charge is 0.312 e. The van der Waals surface area contributed by atoms with Gasteiger partial charge in [-0.15, -0.1) is 0 Å². The molecule has 112 valence electrons. The minimum absolute atomic E-state index is 0.162. The summed E-state index contributed by atoms with van der Waals surface area (Å²) in [4.78, 5) is 15.7. The zero-order valence-corrected chi connectivity index (χ0v) is 13.1. The van der Waals surface area contributed by atoms with E-state index >= 15 is 0 Å². The van der Waals surface area contributed by atoms with Crippen LogP contribution in [0.3, 0.4) is 0 Å². The lowest BCUT2D eigenvalue weighted by Crippen LogP contribution is -2.28.